The van der Waals surface area contributed by atoms with Crippen molar-refractivity contribution in [1.29, 1.82) is 0 Å². The Bertz CT molecular complexity index is 1240. The van der Waals surface area contributed by atoms with E-state index in [0.29, 0.717) is 23.3 Å². The minimum atomic E-state index is -0.153. The molecule has 4 nitrogen and oxygen atoms in total. The lowest BCUT2D eigenvalue weighted by molar-refractivity contribution is 0.379. The molecule has 4 heteroatoms. The standard InChI is InChI=1S/C37H54N2O2/c1-34(2,3)26-14-24(32(40)28(18-26)36(7,8)9)20-38-30-16-23-13-22(30)17-31(23)39-21-25-15-27(35(4,5)6)19-29(33(25)41)37(10,11)12/h14-15,18-23,30-31,40-41H,13,16-17H2,1-12H3/t22-,23-,30+,31+/m1/s1. The average molecular weight is 559 g/mol. The number of rotatable bonds is 4. The van der Waals surface area contributed by atoms with Gasteiger partial charge < -0.3 is 10.2 Å². The van der Waals surface area contributed by atoms with Crippen molar-refractivity contribution in [3.63, 3.8) is 0 Å². The zero-order valence-electron chi connectivity index (χ0n) is 27.7. The quantitative estimate of drug-likeness (QED) is 0.368. The summed E-state index contributed by atoms with van der Waals surface area (Å²) in [5.74, 6) is 1.72. The summed E-state index contributed by atoms with van der Waals surface area (Å²) in [6.45, 7) is 26.2. The van der Waals surface area contributed by atoms with Gasteiger partial charge in [-0.05, 0) is 76.0 Å². The first-order valence-electron chi connectivity index (χ1n) is 15.5. The van der Waals surface area contributed by atoms with Crippen molar-refractivity contribution in [2.45, 2.75) is 136 Å². The molecule has 2 saturated carbocycles. The van der Waals surface area contributed by atoms with Gasteiger partial charge in [-0.3, -0.25) is 9.98 Å². The first-order valence-corrected chi connectivity index (χ1v) is 15.5. The number of aliphatic imine (C=N–C) groups is 2. The highest BCUT2D eigenvalue weighted by atomic mass is 16.3. The van der Waals surface area contributed by atoms with E-state index in [2.05, 4.69) is 107 Å². The zero-order chi connectivity index (χ0) is 30.7. The van der Waals surface area contributed by atoms with Crippen LogP contribution in [0.3, 0.4) is 0 Å². The van der Waals surface area contributed by atoms with Crippen molar-refractivity contribution >= 4 is 12.4 Å². The summed E-state index contributed by atoms with van der Waals surface area (Å²) < 4.78 is 0. The van der Waals surface area contributed by atoms with Crippen LogP contribution in [0, 0.1) is 11.8 Å². The summed E-state index contributed by atoms with van der Waals surface area (Å²) in [6.07, 6.45) is 7.04. The summed E-state index contributed by atoms with van der Waals surface area (Å²) >= 11 is 0. The maximum absolute atomic E-state index is 11.2. The molecule has 0 saturated heterocycles. The lowest BCUT2D eigenvalue weighted by atomic mass is 9.79. The molecule has 224 valence electrons. The maximum Gasteiger partial charge on any atom is 0.128 e. The predicted molar refractivity (Wildman–Crippen MR) is 175 cm³/mol. The minimum absolute atomic E-state index is 0.0115. The van der Waals surface area contributed by atoms with Crippen LogP contribution in [0.15, 0.2) is 34.3 Å². The Labute approximate surface area is 249 Å². The molecule has 2 aliphatic rings. The lowest BCUT2D eigenvalue weighted by Gasteiger charge is -2.27. The zero-order valence-corrected chi connectivity index (χ0v) is 27.7. The summed E-state index contributed by atoms with van der Waals surface area (Å²) in [7, 11) is 0. The molecule has 41 heavy (non-hydrogen) atoms. The normalized spacial score (nSPS) is 23.8. The Morgan fingerprint density at radius 1 is 0.537 bits per heavy atom. The Morgan fingerprint density at radius 2 is 0.878 bits per heavy atom. The van der Waals surface area contributed by atoms with Gasteiger partial charge >= 0.3 is 0 Å². The van der Waals surface area contributed by atoms with Crippen LogP contribution in [0.2, 0.25) is 0 Å². The van der Waals surface area contributed by atoms with Gasteiger partial charge in [0.2, 0.25) is 0 Å². The fraction of sp³-hybridized carbons (Fsp3) is 0.622. The molecule has 2 aromatic carbocycles. The molecule has 0 spiro atoms. The average Bonchev–Trinajstić information content (AvgIpc) is 3.40. The number of phenols is 2. The van der Waals surface area contributed by atoms with Gasteiger partial charge in [-0.1, -0.05) is 95.2 Å². The molecule has 4 atom stereocenters. The summed E-state index contributed by atoms with van der Waals surface area (Å²) in [5, 5.41) is 22.3. The Kier molecular flexibility index (Phi) is 8.08. The SMILES string of the molecule is CC(C)(C)c1cc(C=N[C@H]2C[C@H]3C[C@@H]2C[C@@H]3N=Cc2cc(C(C)(C)C)cc(C(C)(C)C)c2O)c(O)c(C(C)(C)C)c1. The van der Waals surface area contributed by atoms with Gasteiger partial charge in [-0.15, -0.1) is 0 Å². The number of hydrogen-bond acceptors (Lipinski definition) is 4. The van der Waals surface area contributed by atoms with Gasteiger partial charge in [0.15, 0.2) is 0 Å². The molecule has 0 amide bonds. The number of phenolic OH excluding ortho intramolecular Hbond substituents is 2. The Hall–Kier alpha value is -2.62. The van der Waals surface area contributed by atoms with E-state index in [1.807, 2.05) is 12.4 Å². The largest absolute Gasteiger partial charge is 0.507 e. The minimum Gasteiger partial charge on any atom is -0.507 e. The van der Waals surface area contributed by atoms with E-state index in [0.717, 1.165) is 41.5 Å². The molecular formula is C37H54N2O2. The molecule has 0 aromatic heterocycles. The maximum atomic E-state index is 11.2. The number of hydrogen-bond donors (Lipinski definition) is 2. The smallest absolute Gasteiger partial charge is 0.128 e. The van der Waals surface area contributed by atoms with Crippen molar-refractivity contribution in [2.75, 3.05) is 0 Å². The van der Waals surface area contributed by atoms with E-state index in [4.69, 9.17) is 9.98 Å². The molecule has 0 unspecified atom stereocenters. The number of aromatic hydroxyl groups is 2. The molecule has 2 N–H and O–H groups in total. The first kappa shape index (κ1) is 31.3. The Balaban J connectivity index is 1.54. The van der Waals surface area contributed by atoms with Crippen molar-refractivity contribution < 1.29 is 10.2 Å². The highest BCUT2D eigenvalue weighted by Gasteiger charge is 2.45. The molecule has 2 aliphatic carbocycles. The second-order valence-corrected chi connectivity index (χ2v) is 16.8. The molecule has 4 rings (SSSR count). The van der Waals surface area contributed by atoms with Crippen LogP contribution >= 0.6 is 0 Å². The van der Waals surface area contributed by atoms with E-state index in [1.165, 1.54) is 11.1 Å². The third-order valence-corrected chi connectivity index (χ3v) is 9.22. The van der Waals surface area contributed by atoms with Crippen LogP contribution < -0.4 is 0 Å². The van der Waals surface area contributed by atoms with E-state index in [9.17, 15) is 10.2 Å². The highest BCUT2D eigenvalue weighted by molar-refractivity contribution is 5.86. The van der Waals surface area contributed by atoms with Crippen LogP contribution in [0.1, 0.15) is 136 Å². The van der Waals surface area contributed by atoms with Crippen molar-refractivity contribution in [3.05, 3.63) is 57.6 Å². The predicted octanol–water partition coefficient (Wildman–Crippen LogP) is 8.99. The third kappa shape index (κ3) is 6.73. The second-order valence-electron chi connectivity index (χ2n) is 16.8. The van der Waals surface area contributed by atoms with E-state index < -0.39 is 0 Å². The second kappa shape index (κ2) is 10.6. The third-order valence-electron chi connectivity index (χ3n) is 9.22. The monoisotopic (exact) mass is 558 g/mol. The van der Waals surface area contributed by atoms with E-state index in [-0.39, 0.29) is 33.7 Å². The van der Waals surface area contributed by atoms with Gasteiger partial charge in [0.05, 0.1) is 12.1 Å². The fourth-order valence-electron chi connectivity index (χ4n) is 6.45. The molecule has 2 aromatic rings. The van der Waals surface area contributed by atoms with Gasteiger partial charge in [0, 0.05) is 34.7 Å². The Morgan fingerprint density at radius 3 is 1.15 bits per heavy atom. The molecular weight excluding hydrogens is 504 g/mol. The highest BCUT2D eigenvalue weighted by Crippen LogP contribution is 2.48. The van der Waals surface area contributed by atoms with Crippen LogP contribution in [-0.4, -0.2) is 34.7 Å². The van der Waals surface area contributed by atoms with E-state index in [1.54, 1.807) is 0 Å². The molecule has 2 fully saturated rings. The number of nitrogens with zero attached hydrogens (tertiary/aromatic N) is 2. The van der Waals surface area contributed by atoms with Crippen molar-refractivity contribution in [1.82, 2.24) is 0 Å². The molecule has 0 heterocycles. The van der Waals surface area contributed by atoms with Gasteiger partial charge in [0.25, 0.3) is 0 Å². The number of benzene rings is 2. The van der Waals surface area contributed by atoms with Crippen LogP contribution in [0.4, 0.5) is 0 Å². The van der Waals surface area contributed by atoms with Crippen molar-refractivity contribution in [3.8, 4) is 11.5 Å². The number of fused-ring (bicyclic) bond motifs is 2. The summed E-state index contributed by atoms with van der Waals surface area (Å²) in [6, 6.07) is 9.08. The topological polar surface area (TPSA) is 65.2 Å². The molecule has 2 bridgehead atoms. The lowest BCUT2D eigenvalue weighted by Crippen LogP contribution is -2.23. The van der Waals surface area contributed by atoms with E-state index >= 15 is 0 Å². The van der Waals surface area contributed by atoms with Gasteiger partial charge in [-0.2, -0.15) is 0 Å². The fourth-order valence-corrected chi connectivity index (χ4v) is 6.45. The molecule has 0 aliphatic heterocycles. The molecule has 0 radical (unpaired) electrons. The van der Waals surface area contributed by atoms with Crippen LogP contribution in [-0.2, 0) is 21.7 Å². The van der Waals surface area contributed by atoms with Crippen LogP contribution in [0.25, 0.3) is 0 Å². The van der Waals surface area contributed by atoms with Gasteiger partial charge in [0.1, 0.15) is 11.5 Å². The summed E-state index contributed by atoms with van der Waals surface area (Å²) in [4.78, 5) is 10.1. The van der Waals surface area contributed by atoms with Crippen molar-refractivity contribution in [2.24, 2.45) is 21.8 Å². The first-order chi connectivity index (χ1) is 18.7. The van der Waals surface area contributed by atoms with Gasteiger partial charge in [-0.25, -0.2) is 0 Å². The summed E-state index contributed by atoms with van der Waals surface area (Å²) in [5.41, 5.74) is 5.71. The van der Waals surface area contributed by atoms with Crippen LogP contribution in [0.5, 0.6) is 11.5 Å².